The van der Waals surface area contributed by atoms with Gasteiger partial charge in [0.15, 0.2) is 0 Å². The average molecular weight is 425 g/mol. The second-order valence-electron chi connectivity index (χ2n) is 9.08. The first-order valence-electron chi connectivity index (χ1n) is 11.9. The predicted molar refractivity (Wildman–Crippen MR) is 132 cm³/mol. The van der Waals surface area contributed by atoms with E-state index in [4.69, 9.17) is 0 Å². The fourth-order valence-corrected chi connectivity index (χ4v) is 5.30. The van der Waals surface area contributed by atoms with Gasteiger partial charge in [-0.3, -0.25) is 0 Å². The van der Waals surface area contributed by atoms with E-state index in [1.54, 1.807) is 0 Å². The zero-order valence-electron chi connectivity index (χ0n) is 18.5. The van der Waals surface area contributed by atoms with Gasteiger partial charge in [-0.15, -0.1) is 0 Å². The Kier molecular flexibility index (Phi) is 6.38. The summed E-state index contributed by atoms with van der Waals surface area (Å²) in [5.41, 5.74) is 5.03. The maximum Gasteiger partial charge on any atom is 0.0819 e. The van der Waals surface area contributed by atoms with E-state index in [2.05, 4.69) is 70.7 Å². The number of aromatic nitrogens is 1. The lowest BCUT2D eigenvalue weighted by Crippen LogP contribution is -2.36. The lowest BCUT2D eigenvalue weighted by molar-refractivity contribution is 0.0583. The summed E-state index contributed by atoms with van der Waals surface area (Å²) in [5.74, 6) is 0.729. The lowest BCUT2D eigenvalue weighted by Gasteiger charge is -2.35. The molecule has 3 heteroatoms. The van der Waals surface area contributed by atoms with Gasteiger partial charge in [0.25, 0.3) is 0 Å². The third kappa shape index (κ3) is 4.50. The van der Waals surface area contributed by atoms with Crippen LogP contribution in [-0.4, -0.2) is 34.6 Å². The molecule has 0 aliphatic carbocycles. The molecule has 1 fully saturated rings. The molecular formula is C29H32N2O. The molecule has 4 aromatic rings. The summed E-state index contributed by atoms with van der Waals surface area (Å²) in [5, 5.41) is 12.1. The fourth-order valence-electron chi connectivity index (χ4n) is 5.30. The molecule has 1 aliphatic heterocycles. The van der Waals surface area contributed by atoms with Crippen LogP contribution in [0.15, 0.2) is 91.1 Å². The SMILES string of the molecule is OC(c1ccccc1)C1CCN(CCC(c2ccccc2)c2c[nH]c3ccccc23)CC1. The van der Waals surface area contributed by atoms with Gasteiger partial charge in [-0.05, 0) is 67.6 Å². The van der Waals surface area contributed by atoms with Crippen molar-refractivity contribution >= 4 is 10.9 Å². The van der Waals surface area contributed by atoms with Crippen molar-refractivity contribution in [3.8, 4) is 0 Å². The molecule has 2 atom stereocenters. The van der Waals surface area contributed by atoms with Crippen molar-refractivity contribution in [2.24, 2.45) is 5.92 Å². The smallest absolute Gasteiger partial charge is 0.0819 e. The summed E-state index contributed by atoms with van der Waals surface area (Å²) in [4.78, 5) is 6.05. The number of H-pyrrole nitrogens is 1. The number of rotatable bonds is 7. The summed E-state index contributed by atoms with van der Waals surface area (Å²) in [6.07, 6.45) is 5.06. The molecule has 5 rings (SSSR count). The molecule has 0 spiro atoms. The minimum atomic E-state index is -0.346. The molecule has 32 heavy (non-hydrogen) atoms. The van der Waals surface area contributed by atoms with Crippen molar-refractivity contribution in [2.45, 2.75) is 31.3 Å². The number of aliphatic hydroxyl groups excluding tert-OH is 1. The van der Waals surface area contributed by atoms with E-state index in [1.807, 2.05) is 30.3 Å². The number of likely N-dealkylation sites (tertiary alicyclic amines) is 1. The molecule has 2 heterocycles. The Balaban J connectivity index is 1.26. The van der Waals surface area contributed by atoms with Crippen LogP contribution >= 0.6 is 0 Å². The van der Waals surface area contributed by atoms with Crippen molar-refractivity contribution in [1.29, 1.82) is 0 Å². The molecule has 0 bridgehead atoms. The normalized spacial score (nSPS) is 17.4. The first-order valence-corrected chi connectivity index (χ1v) is 11.9. The first kappa shape index (κ1) is 21.0. The average Bonchev–Trinajstić information content (AvgIpc) is 3.29. The van der Waals surface area contributed by atoms with Gasteiger partial charge >= 0.3 is 0 Å². The van der Waals surface area contributed by atoms with Crippen LogP contribution in [0, 0.1) is 5.92 Å². The Morgan fingerprint density at radius 3 is 2.16 bits per heavy atom. The van der Waals surface area contributed by atoms with Gasteiger partial charge in [0.1, 0.15) is 0 Å². The zero-order chi connectivity index (χ0) is 21.8. The molecule has 0 radical (unpaired) electrons. The molecule has 2 N–H and O–H groups in total. The van der Waals surface area contributed by atoms with Crippen LogP contribution in [0.4, 0.5) is 0 Å². The third-order valence-corrected chi connectivity index (χ3v) is 7.15. The van der Waals surface area contributed by atoms with Crippen LogP contribution in [0.25, 0.3) is 10.9 Å². The van der Waals surface area contributed by atoms with Crippen molar-refractivity contribution in [2.75, 3.05) is 19.6 Å². The molecule has 1 aromatic heterocycles. The quantitative estimate of drug-likeness (QED) is 0.374. The number of para-hydroxylation sites is 1. The van der Waals surface area contributed by atoms with Gasteiger partial charge in [-0.2, -0.15) is 0 Å². The number of benzene rings is 3. The van der Waals surface area contributed by atoms with E-state index in [1.165, 1.54) is 22.0 Å². The van der Waals surface area contributed by atoms with Crippen molar-refractivity contribution in [3.63, 3.8) is 0 Å². The highest BCUT2D eigenvalue weighted by Crippen LogP contribution is 2.35. The Labute approximate surface area is 190 Å². The number of aliphatic hydroxyl groups is 1. The molecule has 3 nitrogen and oxygen atoms in total. The molecule has 2 unspecified atom stereocenters. The molecule has 1 saturated heterocycles. The van der Waals surface area contributed by atoms with E-state index in [0.29, 0.717) is 11.8 Å². The maximum atomic E-state index is 10.8. The Hall–Kier alpha value is -2.88. The number of aromatic amines is 1. The second-order valence-corrected chi connectivity index (χ2v) is 9.08. The summed E-state index contributed by atoms with van der Waals surface area (Å²) in [7, 11) is 0. The number of nitrogens with zero attached hydrogens (tertiary/aromatic N) is 1. The van der Waals surface area contributed by atoms with E-state index >= 15 is 0 Å². The molecule has 1 aliphatic rings. The van der Waals surface area contributed by atoms with E-state index in [-0.39, 0.29) is 6.10 Å². The van der Waals surface area contributed by atoms with Gasteiger partial charge in [0, 0.05) is 23.0 Å². The molecule has 0 saturated carbocycles. The van der Waals surface area contributed by atoms with E-state index in [0.717, 1.165) is 44.5 Å². The van der Waals surface area contributed by atoms with Crippen LogP contribution in [0.1, 0.15) is 48.0 Å². The predicted octanol–water partition coefficient (Wildman–Crippen LogP) is 6.14. The standard InChI is InChI=1S/C29H32N2O/c32-29(23-11-5-2-6-12-23)24-15-18-31(19-16-24)20-17-25(22-9-3-1-4-10-22)27-21-30-28-14-8-7-13-26(27)28/h1-14,21,24-25,29-30,32H,15-20H2. The lowest BCUT2D eigenvalue weighted by atomic mass is 9.86. The van der Waals surface area contributed by atoms with Crippen molar-refractivity contribution < 1.29 is 5.11 Å². The summed E-state index contributed by atoms with van der Waals surface area (Å²) in [6, 6.07) is 29.6. The van der Waals surface area contributed by atoms with Gasteiger partial charge < -0.3 is 15.0 Å². The first-order chi connectivity index (χ1) is 15.8. The Morgan fingerprint density at radius 2 is 1.44 bits per heavy atom. The summed E-state index contributed by atoms with van der Waals surface area (Å²) >= 11 is 0. The van der Waals surface area contributed by atoms with Crippen molar-refractivity contribution in [1.82, 2.24) is 9.88 Å². The van der Waals surface area contributed by atoms with Crippen LogP contribution in [0.3, 0.4) is 0 Å². The largest absolute Gasteiger partial charge is 0.388 e. The highest BCUT2D eigenvalue weighted by molar-refractivity contribution is 5.84. The van der Waals surface area contributed by atoms with Crippen LogP contribution < -0.4 is 0 Å². The van der Waals surface area contributed by atoms with E-state index in [9.17, 15) is 5.11 Å². The van der Waals surface area contributed by atoms with Crippen molar-refractivity contribution in [3.05, 3.63) is 108 Å². The number of hydrogen-bond acceptors (Lipinski definition) is 2. The maximum absolute atomic E-state index is 10.8. The zero-order valence-corrected chi connectivity index (χ0v) is 18.5. The minimum absolute atomic E-state index is 0.346. The molecule has 0 amide bonds. The molecule has 164 valence electrons. The molecule has 3 aromatic carbocycles. The number of hydrogen-bond donors (Lipinski definition) is 2. The van der Waals surface area contributed by atoms with Crippen LogP contribution in [0.2, 0.25) is 0 Å². The van der Waals surface area contributed by atoms with Gasteiger partial charge in [0.05, 0.1) is 6.10 Å². The van der Waals surface area contributed by atoms with Gasteiger partial charge in [0.2, 0.25) is 0 Å². The highest BCUT2D eigenvalue weighted by Gasteiger charge is 2.27. The Morgan fingerprint density at radius 1 is 0.812 bits per heavy atom. The topological polar surface area (TPSA) is 39.3 Å². The summed E-state index contributed by atoms with van der Waals surface area (Å²) in [6.45, 7) is 3.20. The minimum Gasteiger partial charge on any atom is -0.388 e. The van der Waals surface area contributed by atoms with Gasteiger partial charge in [-0.25, -0.2) is 0 Å². The Bertz CT molecular complexity index is 1110. The summed E-state index contributed by atoms with van der Waals surface area (Å²) < 4.78 is 0. The number of fused-ring (bicyclic) bond motifs is 1. The van der Waals surface area contributed by atoms with Crippen LogP contribution in [-0.2, 0) is 0 Å². The second kappa shape index (κ2) is 9.72. The number of piperidine rings is 1. The van der Waals surface area contributed by atoms with Crippen LogP contribution in [0.5, 0.6) is 0 Å². The monoisotopic (exact) mass is 424 g/mol. The molecular weight excluding hydrogens is 392 g/mol. The van der Waals surface area contributed by atoms with Gasteiger partial charge in [-0.1, -0.05) is 78.9 Å². The number of nitrogens with one attached hydrogen (secondary N) is 1. The third-order valence-electron chi connectivity index (χ3n) is 7.15. The fraction of sp³-hybridized carbons (Fsp3) is 0.310. The van der Waals surface area contributed by atoms with E-state index < -0.39 is 0 Å². The highest BCUT2D eigenvalue weighted by atomic mass is 16.3.